The summed E-state index contributed by atoms with van der Waals surface area (Å²) < 4.78 is 1.80. The summed E-state index contributed by atoms with van der Waals surface area (Å²) in [6.07, 6.45) is 12.3. The van der Waals surface area contributed by atoms with Gasteiger partial charge in [0.1, 0.15) is 12.1 Å². The fourth-order valence-electron chi connectivity index (χ4n) is 7.99. The second kappa shape index (κ2) is 8.19. The molecule has 5 aliphatic rings. The van der Waals surface area contributed by atoms with Gasteiger partial charge in [-0.15, -0.1) is 0 Å². The van der Waals surface area contributed by atoms with E-state index >= 15 is 0 Å². The number of carbonyl (C=O) groups is 1. The second-order valence-corrected chi connectivity index (χ2v) is 11.9. The van der Waals surface area contributed by atoms with Gasteiger partial charge in [0.25, 0.3) is 0 Å². The molecular formula is C27H31ClN6O. The Morgan fingerprint density at radius 1 is 1.00 bits per heavy atom. The third-order valence-corrected chi connectivity index (χ3v) is 9.26. The van der Waals surface area contributed by atoms with Crippen LogP contribution in [0.4, 0.5) is 5.82 Å². The lowest BCUT2D eigenvalue weighted by atomic mass is 9.49. The number of nitrogens with zero attached hydrogens (tertiary/aromatic N) is 6. The molecule has 0 spiro atoms. The largest absolute Gasteiger partial charge is 0.352 e. The molecule has 0 atom stereocenters. The van der Waals surface area contributed by atoms with Crippen LogP contribution in [0, 0.1) is 23.2 Å². The van der Waals surface area contributed by atoms with Crippen LogP contribution in [0.15, 0.2) is 36.8 Å². The summed E-state index contributed by atoms with van der Waals surface area (Å²) in [5.74, 6) is 3.92. The molecule has 0 unspecified atom stereocenters. The van der Waals surface area contributed by atoms with Crippen molar-refractivity contribution in [2.45, 2.75) is 44.9 Å². The Kier molecular flexibility index (Phi) is 5.05. The zero-order valence-corrected chi connectivity index (χ0v) is 20.7. The van der Waals surface area contributed by atoms with Crippen LogP contribution in [-0.2, 0) is 4.79 Å². The lowest BCUT2D eigenvalue weighted by Crippen LogP contribution is -2.52. The van der Waals surface area contributed by atoms with E-state index < -0.39 is 0 Å². The minimum atomic E-state index is 0.302. The van der Waals surface area contributed by atoms with E-state index in [4.69, 9.17) is 11.6 Å². The monoisotopic (exact) mass is 490 g/mol. The van der Waals surface area contributed by atoms with Crippen LogP contribution in [-0.4, -0.2) is 56.7 Å². The summed E-state index contributed by atoms with van der Waals surface area (Å²) in [5, 5.41) is 6.15. The van der Waals surface area contributed by atoms with Crippen molar-refractivity contribution >= 4 is 34.4 Å². The average Bonchev–Trinajstić information content (AvgIpc) is 3.27. The number of aromatic nitrogens is 4. The molecule has 1 aromatic carbocycles. The van der Waals surface area contributed by atoms with Crippen molar-refractivity contribution in [3.8, 4) is 5.69 Å². The maximum Gasteiger partial charge on any atom is 0.223 e. The average molecular weight is 491 g/mol. The van der Waals surface area contributed by atoms with E-state index in [-0.39, 0.29) is 0 Å². The van der Waals surface area contributed by atoms with E-state index in [0.717, 1.165) is 72.9 Å². The van der Waals surface area contributed by atoms with E-state index in [1.807, 2.05) is 30.5 Å². The number of amides is 1. The summed E-state index contributed by atoms with van der Waals surface area (Å²) in [6.45, 7) is 3.06. The molecule has 0 radical (unpaired) electrons. The molecule has 1 saturated heterocycles. The number of fused-ring (bicyclic) bond motifs is 1. The number of carbonyl (C=O) groups excluding carboxylic acids is 1. The minimum Gasteiger partial charge on any atom is -0.352 e. The first-order valence-corrected chi connectivity index (χ1v) is 13.4. The molecule has 0 N–H and O–H groups in total. The molecule has 1 amide bonds. The standard InChI is InChI=1S/C27H31ClN6O/c28-21-2-1-3-22(11-21)34-26-23(16-31-34)25(29-17-30-26)33-6-4-32(5-7-33)24(35)15-27-12-18-8-19(13-27)10-20(9-18)14-27/h1-3,11,16-20H,4-10,12-15H2. The predicted molar refractivity (Wildman–Crippen MR) is 136 cm³/mol. The highest BCUT2D eigenvalue weighted by molar-refractivity contribution is 6.30. The number of anilines is 1. The topological polar surface area (TPSA) is 67.2 Å². The predicted octanol–water partition coefficient (Wildman–Crippen LogP) is 4.72. The Morgan fingerprint density at radius 3 is 2.40 bits per heavy atom. The van der Waals surface area contributed by atoms with Crippen LogP contribution in [0.2, 0.25) is 5.02 Å². The molecule has 2 aromatic heterocycles. The van der Waals surface area contributed by atoms with Gasteiger partial charge in [0.15, 0.2) is 5.65 Å². The summed E-state index contributed by atoms with van der Waals surface area (Å²) in [5.41, 5.74) is 1.94. The van der Waals surface area contributed by atoms with E-state index in [0.29, 0.717) is 16.3 Å². The number of benzene rings is 1. The van der Waals surface area contributed by atoms with E-state index in [2.05, 4.69) is 24.9 Å². The first kappa shape index (κ1) is 21.6. The van der Waals surface area contributed by atoms with Crippen molar-refractivity contribution in [2.75, 3.05) is 31.1 Å². The van der Waals surface area contributed by atoms with Crippen molar-refractivity contribution in [3.05, 3.63) is 41.8 Å². The first-order valence-electron chi connectivity index (χ1n) is 13.0. The van der Waals surface area contributed by atoms with E-state index in [1.165, 1.54) is 38.5 Å². The summed E-state index contributed by atoms with van der Waals surface area (Å²) in [4.78, 5) is 26.9. The van der Waals surface area contributed by atoms with Crippen LogP contribution >= 0.6 is 11.6 Å². The van der Waals surface area contributed by atoms with Gasteiger partial charge in [0, 0.05) is 37.6 Å². The minimum absolute atomic E-state index is 0.302. The number of piperazine rings is 1. The maximum atomic E-state index is 13.4. The van der Waals surface area contributed by atoms with Crippen molar-refractivity contribution in [3.63, 3.8) is 0 Å². The molecule has 35 heavy (non-hydrogen) atoms. The van der Waals surface area contributed by atoms with Crippen LogP contribution in [0.1, 0.15) is 44.9 Å². The van der Waals surface area contributed by atoms with Gasteiger partial charge < -0.3 is 9.80 Å². The second-order valence-electron chi connectivity index (χ2n) is 11.4. The van der Waals surface area contributed by atoms with Crippen molar-refractivity contribution < 1.29 is 4.79 Å². The zero-order chi connectivity index (χ0) is 23.6. The van der Waals surface area contributed by atoms with E-state index in [1.54, 1.807) is 11.0 Å². The van der Waals surface area contributed by atoms with Gasteiger partial charge in [-0.05, 0) is 79.9 Å². The third kappa shape index (κ3) is 3.79. The first-order chi connectivity index (χ1) is 17.1. The zero-order valence-electron chi connectivity index (χ0n) is 19.9. The lowest BCUT2D eigenvalue weighted by molar-refractivity contribution is -0.139. The fraction of sp³-hybridized carbons (Fsp3) is 0.556. The number of hydrogen-bond acceptors (Lipinski definition) is 5. The number of halogens is 1. The van der Waals surface area contributed by atoms with Gasteiger partial charge in [-0.3, -0.25) is 4.79 Å². The Bertz CT molecular complexity index is 1240. The highest BCUT2D eigenvalue weighted by Crippen LogP contribution is 2.61. The molecule has 4 bridgehead atoms. The molecule has 3 heterocycles. The molecule has 8 rings (SSSR count). The molecule has 5 fully saturated rings. The molecule has 7 nitrogen and oxygen atoms in total. The Morgan fingerprint density at radius 2 is 1.71 bits per heavy atom. The molecule has 182 valence electrons. The molecule has 3 aromatic rings. The Hall–Kier alpha value is -2.67. The molecule has 4 saturated carbocycles. The van der Waals surface area contributed by atoms with Crippen LogP contribution in [0.5, 0.6) is 0 Å². The highest BCUT2D eigenvalue weighted by atomic mass is 35.5. The highest BCUT2D eigenvalue weighted by Gasteiger charge is 2.51. The van der Waals surface area contributed by atoms with Crippen molar-refractivity contribution in [1.29, 1.82) is 0 Å². The Balaban J connectivity index is 1.05. The third-order valence-electron chi connectivity index (χ3n) is 9.02. The lowest BCUT2D eigenvalue weighted by Gasteiger charge is -2.57. The molecular weight excluding hydrogens is 460 g/mol. The van der Waals surface area contributed by atoms with Gasteiger partial charge in [0.2, 0.25) is 5.91 Å². The van der Waals surface area contributed by atoms with Gasteiger partial charge in [-0.25, -0.2) is 14.6 Å². The molecule has 4 aliphatic carbocycles. The summed E-state index contributed by atoms with van der Waals surface area (Å²) >= 11 is 6.19. The van der Waals surface area contributed by atoms with Crippen molar-refractivity contribution in [2.24, 2.45) is 23.2 Å². The Labute approximate surface area is 210 Å². The van der Waals surface area contributed by atoms with E-state index in [9.17, 15) is 4.79 Å². The smallest absolute Gasteiger partial charge is 0.223 e. The van der Waals surface area contributed by atoms with Gasteiger partial charge in [-0.1, -0.05) is 17.7 Å². The van der Waals surface area contributed by atoms with Gasteiger partial charge in [0.05, 0.1) is 17.3 Å². The number of hydrogen-bond donors (Lipinski definition) is 0. The molecule has 8 heteroatoms. The van der Waals surface area contributed by atoms with Gasteiger partial charge in [-0.2, -0.15) is 5.10 Å². The summed E-state index contributed by atoms with van der Waals surface area (Å²) in [7, 11) is 0. The van der Waals surface area contributed by atoms with Gasteiger partial charge >= 0.3 is 0 Å². The van der Waals surface area contributed by atoms with Crippen LogP contribution in [0.3, 0.4) is 0 Å². The van der Waals surface area contributed by atoms with Crippen LogP contribution in [0.25, 0.3) is 16.7 Å². The quantitative estimate of drug-likeness (QED) is 0.529. The number of rotatable bonds is 4. The molecule has 1 aliphatic heterocycles. The normalized spacial score (nSPS) is 29.8. The van der Waals surface area contributed by atoms with Crippen LogP contribution < -0.4 is 4.90 Å². The fourth-order valence-corrected chi connectivity index (χ4v) is 8.17. The van der Waals surface area contributed by atoms with Crippen molar-refractivity contribution in [1.82, 2.24) is 24.6 Å². The maximum absolute atomic E-state index is 13.4. The SMILES string of the molecule is O=C(CC12CC3CC(CC(C3)C1)C2)N1CCN(c2ncnc3c2cnn3-c2cccc(Cl)c2)CC1. The summed E-state index contributed by atoms with van der Waals surface area (Å²) in [6, 6.07) is 7.60.